The fourth-order valence-electron chi connectivity index (χ4n) is 1.74. The van der Waals surface area contributed by atoms with Crippen LogP contribution in [0.15, 0.2) is 36.5 Å². The van der Waals surface area contributed by atoms with Gasteiger partial charge in [0.1, 0.15) is 10.7 Å². The molecule has 3 N–H and O–H groups in total. The number of nitrogens with one attached hydrogen (secondary N) is 1. The number of nitrogens with zero attached hydrogens (tertiary/aromatic N) is 1. The average molecular weight is 308 g/mol. The Bertz CT molecular complexity index is 616. The molecule has 6 heteroatoms. The summed E-state index contributed by atoms with van der Waals surface area (Å²) >= 11 is 11.0. The van der Waals surface area contributed by atoms with Crippen LogP contribution >= 0.6 is 23.8 Å². The Hall–Kier alpha value is -1.85. The number of rotatable bonds is 5. The largest absolute Gasteiger partial charge is 0.496 e. The molecular weight excluding hydrogens is 294 g/mol. The normalized spacial score (nSPS) is 10.1. The minimum absolute atomic E-state index is 0.282. The molecule has 0 bridgehead atoms. The Morgan fingerprint density at radius 1 is 1.40 bits per heavy atom. The number of halogens is 1. The van der Waals surface area contributed by atoms with E-state index in [1.165, 1.54) is 0 Å². The standard InChI is InChI=1S/C14H14ClN3OS/c1-19-13-4-2-3-11(15)10(13)8-17-9-5-6-12(14(16)20)18-7-9/h2-7,17H,8H2,1H3,(H2,16,20). The first-order chi connectivity index (χ1) is 9.61. The van der Waals surface area contributed by atoms with Gasteiger partial charge in [0.05, 0.1) is 24.7 Å². The molecule has 0 unspecified atom stereocenters. The third-order valence-corrected chi connectivity index (χ3v) is 3.34. The predicted molar refractivity (Wildman–Crippen MR) is 85.5 cm³/mol. The van der Waals surface area contributed by atoms with Crippen LogP contribution in [-0.4, -0.2) is 17.1 Å². The SMILES string of the molecule is COc1cccc(Cl)c1CNc1ccc(C(N)=S)nc1. The third-order valence-electron chi connectivity index (χ3n) is 2.78. The first kappa shape index (κ1) is 14.6. The van der Waals surface area contributed by atoms with Crippen molar-refractivity contribution in [2.24, 2.45) is 5.73 Å². The van der Waals surface area contributed by atoms with Gasteiger partial charge in [0.25, 0.3) is 0 Å². The van der Waals surface area contributed by atoms with Crippen molar-refractivity contribution in [1.82, 2.24) is 4.98 Å². The highest BCUT2D eigenvalue weighted by Gasteiger charge is 2.07. The maximum absolute atomic E-state index is 6.17. The van der Waals surface area contributed by atoms with Gasteiger partial charge in [0, 0.05) is 17.1 Å². The number of hydrogen-bond acceptors (Lipinski definition) is 4. The fourth-order valence-corrected chi connectivity index (χ4v) is 2.09. The molecule has 0 atom stereocenters. The maximum Gasteiger partial charge on any atom is 0.125 e. The van der Waals surface area contributed by atoms with Gasteiger partial charge in [-0.05, 0) is 24.3 Å². The molecule has 0 aliphatic rings. The number of thiocarbonyl (C=S) groups is 1. The molecule has 1 heterocycles. The van der Waals surface area contributed by atoms with Crippen molar-refractivity contribution in [3.63, 3.8) is 0 Å². The highest BCUT2D eigenvalue weighted by molar-refractivity contribution is 7.80. The minimum Gasteiger partial charge on any atom is -0.496 e. The average Bonchev–Trinajstić information content (AvgIpc) is 2.46. The topological polar surface area (TPSA) is 60.2 Å². The van der Waals surface area contributed by atoms with Crippen molar-refractivity contribution in [3.8, 4) is 5.75 Å². The minimum atomic E-state index is 0.282. The van der Waals surface area contributed by atoms with E-state index in [4.69, 9.17) is 34.3 Å². The van der Waals surface area contributed by atoms with Crippen LogP contribution in [-0.2, 0) is 6.54 Å². The van der Waals surface area contributed by atoms with E-state index in [0.717, 1.165) is 17.0 Å². The van der Waals surface area contributed by atoms with Crippen LogP contribution in [0.25, 0.3) is 0 Å². The fraction of sp³-hybridized carbons (Fsp3) is 0.143. The van der Waals surface area contributed by atoms with Gasteiger partial charge in [-0.3, -0.25) is 4.98 Å². The number of ether oxygens (including phenoxy) is 1. The summed E-state index contributed by atoms with van der Waals surface area (Å²) in [5.41, 5.74) is 7.85. The van der Waals surface area contributed by atoms with Crippen molar-refractivity contribution in [1.29, 1.82) is 0 Å². The summed E-state index contributed by atoms with van der Waals surface area (Å²) in [7, 11) is 1.62. The summed E-state index contributed by atoms with van der Waals surface area (Å²) in [5, 5.41) is 3.89. The smallest absolute Gasteiger partial charge is 0.125 e. The lowest BCUT2D eigenvalue weighted by Gasteiger charge is -2.12. The van der Waals surface area contributed by atoms with Gasteiger partial charge in [0.15, 0.2) is 0 Å². The molecule has 0 radical (unpaired) electrons. The second-order valence-electron chi connectivity index (χ2n) is 4.07. The molecule has 0 saturated heterocycles. The molecule has 0 spiro atoms. The van der Waals surface area contributed by atoms with Crippen LogP contribution in [0, 0.1) is 0 Å². The second-order valence-corrected chi connectivity index (χ2v) is 4.92. The Kier molecular flexibility index (Phi) is 4.76. The van der Waals surface area contributed by atoms with E-state index in [1.807, 2.05) is 24.3 Å². The molecule has 2 aromatic rings. The summed E-state index contributed by atoms with van der Waals surface area (Å²) in [5.74, 6) is 0.748. The lowest BCUT2D eigenvalue weighted by molar-refractivity contribution is 0.410. The summed E-state index contributed by atoms with van der Waals surface area (Å²) < 4.78 is 5.29. The zero-order chi connectivity index (χ0) is 14.5. The van der Waals surface area contributed by atoms with Crippen LogP contribution in [0.2, 0.25) is 5.02 Å². The van der Waals surface area contributed by atoms with E-state index in [1.54, 1.807) is 19.4 Å². The van der Waals surface area contributed by atoms with Crippen molar-refractivity contribution in [3.05, 3.63) is 52.8 Å². The van der Waals surface area contributed by atoms with Crippen LogP contribution in [0.4, 0.5) is 5.69 Å². The summed E-state index contributed by atoms with van der Waals surface area (Å²) in [6.45, 7) is 0.539. The van der Waals surface area contributed by atoms with Gasteiger partial charge in [-0.25, -0.2) is 0 Å². The Labute approximate surface area is 127 Å². The molecule has 0 saturated carbocycles. The van der Waals surface area contributed by atoms with Crippen molar-refractivity contribution in [2.45, 2.75) is 6.54 Å². The van der Waals surface area contributed by atoms with Gasteiger partial charge >= 0.3 is 0 Å². The molecule has 1 aromatic heterocycles. The summed E-state index contributed by atoms with van der Waals surface area (Å²) in [4.78, 5) is 4.44. The van der Waals surface area contributed by atoms with Crippen molar-refractivity contribution < 1.29 is 4.74 Å². The zero-order valence-corrected chi connectivity index (χ0v) is 12.5. The predicted octanol–water partition coefficient (Wildman–Crippen LogP) is 2.99. The summed E-state index contributed by atoms with van der Waals surface area (Å²) in [6.07, 6.45) is 1.68. The van der Waals surface area contributed by atoms with E-state index in [0.29, 0.717) is 17.3 Å². The number of hydrogen-bond donors (Lipinski definition) is 2. The van der Waals surface area contributed by atoms with Crippen molar-refractivity contribution in [2.75, 3.05) is 12.4 Å². The molecule has 0 aliphatic carbocycles. The zero-order valence-electron chi connectivity index (χ0n) is 10.9. The molecule has 20 heavy (non-hydrogen) atoms. The van der Waals surface area contributed by atoms with Crippen LogP contribution in [0.3, 0.4) is 0 Å². The number of pyridine rings is 1. The lowest BCUT2D eigenvalue weighted by atomic mass is 10.2. The Morgan fingerprint density at radius 2 is 2.20 bits per heavy atom. The molecule has 104 valence electrons. The highest BCUT2D eigenvalue weighted by atomic mass is 35.5. The van der Waals surface area contributed by atoms with Gasteiger partial charge in [-0.1, -0.05) is 29.9 Å². The van der Waals surface area contributed by atoms with Gasteiger partial charge < -0.3 is 15.8 Å². The van der Waals surface area contributed by atoms with Gasteiger partial charge in [-0.2, -0.15) is 0 Å². The monoisotopic (exact) mass is 307 g/mol. The van der Waals surface area contributed by atoms with E-state index in [9.17, 15) is 0 Å². The number of methoxy groups -OCH3 is 1. The highest BCUT2D eigenvalue weighted by Crippen LogP contribution is 2.26. The molecule has 0 fully saturated rings. The number of nitrogens with two attached hydrogens (primary N) is 1. The van der Waals surface area contributed by atoms with E-state index in [-0.39, 0.29) is 4.99 Å². The number of anilines is 1. The number of aromatic nitrogens is 1. The molecule has 2 rings (SSSR count). The maximum atomic E-state index is 6.17. The van der Waals surface area contributed by atoms with E-state index >= 15 is 0 Å². The molecule has 4 nitrogen and oxygen atoms in total. The second kappa shape index (κ2) is 6.54. The quantitative estimate of drug-likeness (QED) is 0.832. The van der Waals surface area contributed by atoms with E-state index in [2.05, 4.69) is 10.3 Å². The van der Waals surface area contributed by atoms with Gasteiger partial charge in [0.2, 0.25) is 0 Å². The first-order valence-electron chi connectivity index (χ1n) is 5.93. The van der Waals surface area contributed by atoms with Crippen LogP contribution in [0.5, 0.6) is 5.75 Å². The lowest BCUT2D eigenvalue weighted by Crippen LogP contribution is -2.11. The van der Waals surface area contributed by atoms with Crippen LogP contribution < -0.4 is 15.8 Å². The van der Waals surface area contributed by atoms with E-state index < -0.39 is 0 Å². The van der Waals surface area contributed by atoms with Gasteiger partial charge in [-0.15, -0.1) is 0 Å². The summed E-state index contributed by atoms with van der Waals surface area (Å²) in [6, 6.07) is 9.19. The Balaban J connectivity index is 2.11. The third kappa shape index (κ3) is 3.37. The molecule has 1 aromatic carbocycles. The number of benzene rings is 1. The molecule has 0 amide bonds. The molecule has 0 aliphatic heterocycles. The molecular formula is C14H14ClN3OS. The van der Waals surface area contributed by atoms with Crippen LogP contribution in [0.1, 0.15) is 11.3 Å². The Morgan fingerprint density at radius 3 is 2.80 bits per heavy atom. The first-order valence-corrected chi connectivity index (χ1v) is 6.71. The van der Waals surface area contributed by atoms with Crippen molar-refractivity contribution >= 4 is 34.5 Å².